The van der Waals surface area contributed by atoms with Crippen LogP contribution in [-0.4, -0.2) is 44.8 Å². The number of benzene rings is 1. The van der Waals surface area contributed by atoms with Crippen molar-refractivity contribution in [3.05, 3.63) is 47.8 Å². The van der Waals surface area contributed by atoms with Crippen LogP contribution < -0.4 is 10.6 Å². The molecule has 0 atom stereocenters. The van der Waals surface area contributed by atoms with E-state index in [1.54, 1.807) is 17.5 Å². The largest absolute Gasteiger partial charge is 0.385 e. The van der Waals surface area contributed by atoms with E-state index in [0.29, 0.717) is 36.7 Å². The first-order chi connectivity index (χ1) is 13.1. The summed E-state index contributed by atoms with van der Waals surface area (Å²) in [5, 5.41) is 8.05. The molecule has 146 valence electrons. The van der Waals surface area contributed by atoms with Gasteiger partial charge < -0.3 is 10.6 Å². The molecule has 3 rings (SSSR count). The highest BCUT2D eigenvalue weighted by Crippen LogP contribution is 2.26. The predicted octanol–water partition coefficient (Wildman–Crippen LogP) is 2.77. The van der Waals surface area contributed by atoms with Crippen molar-refractivity contribution in [3.8, 4) is 0 Å². The number of amides is 1. The van der Waals surface area contributed by atoms with Crippen molar-refractivity contribution in [3.63, 3.8) is 0 Å². The lowest BCUT2D eigenvalue weighted by Gasteiger charge is -2.30. The fourth-order valence-electron chi connectivity index (χ4n) is 3.13. The molecule has 2 heterocycles. The van der Waals surface area contributed by atoms with Crippen LogP contribution in [0.4, 0.5) is 5.69 Å². The number of carbonyl (C=O) groups excluding carboxylic acids is 1. The fraction of sp³-hybridized carbons (Fsp3) is 0.421. The number of nitrogens with one attached hydrogen (secondary N) is 2. The number of hydrogen-bond donors (Lipinski definition) is 2. The Bertz CT molecular complexity index is 815. The zero-order valence-electron chi connectivity index (χ0n) is 15.1. The second-order valence-corrected chi connectivity index (χ2v) is 9.66. The Morgan fingerprint density at radius 1 is 1.07 bits per heavy atom. The van der Waals surface area contributed by atoms with Crippen LogP contribution in [0.15, 0.2) is 52.1 Å². The smallest absolute Gasteiger partial charge is 0.252 e. The number of sulfonamides is 1. The van der Waals surface area contributed by atoms with E-state index in [0.717, 1.165) is 18.7 Å². The SMILES string of the molecule is O=C(NCCCNc1ccccc1)C1CCN(S(=O)(=O)c2cccs2)CC1. The van der Waals surface area contributed by atoms with E-state index in [2.05, 4.69) is 10.6 Å². The highest BCUT2D eigenvalue weighted by atomic mass is 32.2. The molecule has 1 aromatic carbocycles. The van der Waals surface area contributed by atoms with Crippen LogP contribution >= 0.6 is 11.3 Å². The van der Waals surface area contributed by atoms with E-state index in [1.807, 2.05) is 30.3 Å². The van der Waals surface area contributed by atoms with Crippen molar-refractivity contribution in [2.24, 2.45) is 5.92 Å². The third-order valence-corrected chi connectivity index (χ3v) is 7.94. The molecule has 0 unspecified atom stereocenters. The third kappa shape index (κ3) is 5.31. The number of anilines is 1. The molecule has 1 saturated heterocycles. The molecule has 1 fully saturated rings. The highest BCUT2D eigenvalue weighted by Gasteiger charge is 2.32. The third-order valence-electron chi connectivity index (χ3n) is 4.67. The molecule has 0 saturated carbocycles. The summed E-state index contributed by atoms with van der Waals surface area (Å²) in [5.74, 6) is -0.0789. The minimum atomic E-state index is -3.41. The number of rotatable bonds is 8. The molecule has 0 bridgehead atoms. The molecule has 6 nitrogen and oxygen atoms in total. The van der Waals surface area contributed by atoms with Gasteiger partial charge in [0.15, 0.2) is 0 Å². The van der Waals surface area contributed by atoms with Gasteiger partial charge in [-0.05, 0) is 42.8 Å². The van der Waals surface area contributed by atoms with Crippen molar-refractivity contribution in [2.75, 3.05) is 31.5 Å². The normalized spacial score (nSPS) is 16.1. The zero-order chi connectivity index (χ0) is 19.1. The monoisotopic (exact) mass is 407 g/mol. The van der Waals surface area contributed by atoms with Gasteiger partial charge in [0.1, 0.15) is 4.21 Å². The van der Waals surface area contributed by atoms with Crippen LogP contribution in [0.1, 0.15) is 19.3 Å². The first-order valence-corrected chi connectivity index (χ1v) is 11.5. The van der Waals surface area contributed by atoms with E-state index in [4.69, 9.17) is 0 Å². The van der Waals surface area contributed by atoms with Crippen LogP contribution in [0, 0.1) is 5.92 Å². The van der Waals surface area contributed by atoms with Crippen molar-refractivity contribution < 1.29 is 13.2 Å². The van der Waals surface area contributed by atoms with Crippen LogP contribution in [0.2, 0.25) is 0 Å². The lowest BCUT2D eigenvalue weighted by Crippen LogP contribution is -2.43. The standard InChI is InChI=1S/C19H25N3O3S2/c23-19(21-12-5-11-20-17-6-2-1-3-7-17)16-9-13-22(14-10-16)27(24,25)18-8-4-15-26-18/h1-4,6-8,15-16,20H,5,9-14H2,(H,21,23). The number of nitrogens with zero attached hydrogens (tertiary/aromatic N) is 1. The molecule has 27 heavy (non-hydrogen) atoms. The summed E-state index contributed by atoms with van der Waals surface area (Å²) in [7, 11) is -3.41. The Hall–Kier alpha value is -1.90. The van der Waals surface area contributed by atoms with Gasteiger partial charge in [-0.25, -0.2) is 8.42 Å². The minimum absolute atomic E-state index is 0.0304. The average Bonchev–Trinajstić information content (AvgIpc) is 3.24. The van der Waals surface area contributed by atoms with Crippen molar-refractivity contribution >= 4 is 33.0 Å². The van der Waals surface area contributed by atoms with Gasteiger partial charge in [0.25, 0.3) is 10.0 Å². The Balaban J connectivity index is 1.36. The van der Waals surface area contributed by atoms with Crippen LogP contribution in [-0.2, 0) is 14.8 Å². The van der Waals surface area contributed by atoms with Gasteiger partial charge in [-0.3, -0.25) is 4.79 Å². The van der Waals surface area contributed by atoms with Gasteiger partial charge in [0.2, 0.25) is 5.91 Å². The Labute approximate surface area is 164 Å². The van der Waals surface area contributed by atoms with E-state index < -0.39 is 10.0 Å². The molecule has 1 amide bonds. The number of thiophene rings is 1. The van der Waals surface area contributed by atoms with E-state index in [-0.39, 0.29) is 11.8 Å². The van der Waals surface area contributed by atoms with Gasteiger partial charge in [-0.1, -0.05) is 24.3 Å². The molecule has 1 aromatic heterocycles. The Morgan fingerprint density at radius 2 is 1.81 bits per heavy atom. The maximum absolute atomic E-state index is 12.5. The summed E-state index contributed by atoms with van der Waals surface area (Å²) in [6, 6.07) is 13.3. The predicted molar refractivity (Wildman–Crippen MR) is 108 cm³/mol. The zero-order valence-corrected chi connectivity index (χ0v) is 16.8. The first-order valence-electron chi connectivity index (χ1n) is 9.17. The van der Waals surface area contributed by atoms with E-state index in [9.17, 15) is 13.2 Å². The summed E-state index contributed by atoms with van der Waals surface area (Å²) in [5.41, 5.74) is 1.07. The van der Waals surface area contributed by atoms with E-state index >= 15 is 0 Å². The molecule has 1 aliphatic heterocycles. The molecule has 2 N–H and O–H groups in total. The number of para-hydroxylation sites is 1. The lowest BCUT2D eigenvalue weighted by molar-refractivity contribution is -0.126. The minimum Gasteiger partial charge on any atom is -0.385 e. The van der Waals surface area contributed by atoms with Crippen LogP contribution in [0.25, 0.3) is 0 Å². The van der Waals surface area contributed by atoms with Gasteiger partial charge in [-0.2, -0.15) is 4.31 Å². The first kappa shape index (κ1) is 19.9. The van der Waals surface area contributed by atoms with Gasteiger partial charge >= 0.3 is 0 Å². The van der Waals surface area contributed by atoms with Crippen LogP contribution in [0.3, 0.4) is 0 Å². The maximum atomic E-state index is 12.5. The summed E-state index contributed by atoms with van der Waals surface area (Å²) >= 11 is 1.23. The summed E-state index contributed by atoms with van der Waals surface area (Å²) in [6.07, 6.45) is 1.98. The van der Waals surface area contributed by atoms with Gasteiger partial charge in [0, 0.05) is 37.8 Å². The Morgan fingerprint density at radius 3 is 2.48 bits per heavy atom. The Kier molecular flexibility index (Phi) is 6.87. The second-order valence-electron chi connectivity index (χ2n) is 6.55. The maximum Gasteiger partial charge on any atom is 0.252 e. The molecular formula is C19H25N3O3S2. The number of piperidine rings is 1. The molecule has 8 heteroatoms. The quantitative estimate of drug-likeness (QED) is 0.660. The highest BCUT2D eigenvalue weighted by molar-refractivity contribution is 7.91. The van der Waals surface area contributed by atoms with Crippen molar-refractivity contribution in [2.45, 2.75) is 23.5 Å². The summed E-state index contributed by atoms with van der Waals surface area (Å²) in [4.78, 5) is 12.3. The molecule has 0 spiro atoms. The lowest BCUT2D eigenvalue weighted by atomic mass is 9.97. The molecule has 0 aliphatic carbocycles. The molecular weight excluding hydrogens is 382 g/mol. The van der Waals surface area contributed by atoms with Crippen LogP contribution in [0.5, 0.6) is 0 Å². The average molecular weight is 408 g/mol. The van der Waals surface area contributed by atoms with Crippen molar-refractivity contribution in [1.29, 1.82) is 0 Å². The van der Waals surface area contributed by atoms with E-state index in [1.165, 1.54) is 15.6 Å². The topological polar surface area (TPSA) is 78.5 Å². The van der Waals surface area contributed by atoms with Gasteiger partial charge in [0.05, 0.1) is 0 Å². The fourth-order valence-corrected chi connectivity index (χ4v) is 5.74. The molecule has 0 radical (unpaired) electrons. The molecule has 2 aromatic rings. The summed E-state index contributed by atoms with van der Waals surface area (Å²) in [6.45, 7) is 2.20. The molecule has 1 aliphatic rings. The number of carbonyl (C=O) groups is 1. The van der Waals surface area contributed by atoms with Gasteiger partial charge in [-0.15, -0.1) is 11.3 Å². The number of hydrogen-bond acceptors (Lipinski definition) is 5. The summed E-state index contributed by atoms with van der Waals surface area (Å²) < 4.78 is 26.9. The van der Waals surface area contributed by atoms with Crippen molar-refractivity contribution in [1.82, 2.24) is 9.62 Å². The second kappa shape index (κ2) is 9.34.